The van der Waals surface area contributed by atoms with Gasteiger partial charge in [0.05, 0.1) is 13.2 Å². The number of amides is 1. The van der Waals surface area contributed by atoms with Gasteiger partial charge in [0.1, 0.15) is 5.75 Å². The first-order chi connectivity index (χ1) is 8.81. The molecule has 0 bridgehead atoms. The van der Waals surface area contributed by atoms with Gasteiger partial charge in [-0.05, 0) is 24.6 Å². The van der Waals surface area contributed by atoms with Gasteiger partial charge in [-0.2, -0.15) is 13.2 Å². The highest BCUT2D eigenvalue weighted by molar-refractivity contribution is 5.67. The molecule has 0 aliphatic heterocycles. The number of rotatable bonds is 4. The average molecular weight is 277 g/mol. The number of alkyl carbamates (subject to hydrolysis) is 1. The molecule has 106 valence electrons. The van der Waals surface area contributed by atoms with Crippen molar-refractivity contribution in [1.82, 2.24) is 5.32 Å². The molecule has 0 radical (unpaired) electrons. The number of carbonyl (C=O) groups excluding carboxylic acids is 1. The number of benzene rings is 1. The number of methoxy groups -OCH3 is 1. The minimum atomic E-state index is -4.53. The van der Waals surface area contributed by atoms with E-state index in [-0.39, 0.29) is 0 Å². The standard InChI is InChI=1S/C12H14F3NO3/c1-8(9-3-5-10(18-2)6-4-9)16-11(17)19-7-12(13,14)15/h3-6,8H,7H2,1-2H3,(H,16,17)/t8-/m1/s1. The summed E-state index contributed by atoms with van der Waals surface area (Å²) < 4.78 is 44.5. The Hall–Kier alpha value is -1.92. The molecule has 1 rings (SSSR count). The molecule has 4 nitrogen and oxygen atoms in total. The van der Waals surface area contributed by atoms with Gasteiger partial charge < -0.3 is 14.8 Å². The molecule has 0 saturated heterocycles. The van der Waals surface area contributed by atoms with Gasteiger partial charge in [-0.15, -0.1) is 0 Å². The van der Waals surface area contributed by atoms with Crippen molar-refractivity contribution < 1.29 is 27.4 Å². The minimum absolute atomic E-state index is 0.466. The third-order valence-corrected chi connectivity index (χ3v) is 2.32. The van der Waals surface area contributed by atoms with Crippen molar-refractivity contribution in [2.45, 2.75) is 19.1 Å². The van der Waals surface area contributed by atoms with E-state index < -0.39 is 24.9 Å². The second-order valence-electron chi connectivity index (χ2n) is 3.83. The molecule has 1 amide bonds. The number of carbonyl (C=O) groups is 1. The maximum Gasteiger partial charge on any atom is 0.422 e. The van der Waals surface area contributed by atoms with E-state index in [2.05, 4.69) is 10.1 Å². The number of nitrogens with one attached hydrogen (secondary N) is 1. The van der Waals surface area contributed by atoms with Gasteiger partial charge in [0.15, 0.2) is 6.61 Å². The topological polar surface area (TPSA) is 47.6 Å². The van der Waals surface area contributed by atoms with E-state index in [1.54, 1.807) is 31.2 Å². The van der Waals surface area contributed by atoms with E-state index in [9.17, 15) is 18.0 Å². The minimum Gasteiger partial charge on any atom is -0.497 e. The zero-order chi connectivity index (χ0) is 14.5. The highest BCUT2D eigenvalue weighted by Crippen LogP contribution is 2.18. The molecule has 1 aromatic carbocycles. The summed E-state index contributed by atoms with van der Waals surface area (Å²) in [6, 6.07) is 6.32. The first-order valence-electron chi connectivity index (χ1n) is 5.46. The molecular weight excluding hydrogens is 263 g/mol. The number of hydrogen-bond acceptors (Lipinski definition) is 3. The normalized spacial score (nSPS) is 12.7. The van der Waals surface area contributed by atoms with Crippen LogP contribution < -0.4 is 10.1 Å². The Morgan fingerprint density at radius 3 is 2.37 bits per heavy atom. The van der Waals surface area contributed by atoms with E-state index in [4.69, 9.17) is 4.74 Å². The van der Waals surface area contributed by atoms with E-state index >= 15 is 0 Å². The Balaban J connectivity index is 2.49. The number of alkyl halides is 3. The van der Waals surface area contributed by atoms with Crippen LogP contribution in [-0.2, 0) is 4.74 Å². The highest BCUT2D eigenvalue weighted by Gasteiger charge is 2.29. The maximum atomic E-state index is 11.8. The summed E-state index contributed by atoms with van der Waals surface area (Å²) in [4.78, 5) is 11.1. The van der Waals surface area contributed by atoms with Crippen LogP contribution in [0.15, 0.2) is 24.3 Å². The SMILES string of the molecule is COc1ccc([C@@H](C)NC(=O)OCC(F)(F)F)cc1. The van der Waals surface area contributed by atoms with Crippen molar-refractivity contribution in [3.63, 3.8) is 0 Å². The summed E-state index contributed by atoms with van der Waals surface area (Å²) >= 11 is 0. The van der Waals surface area contributed by atoms with E-state index in [1.165, 1.54) is 7.11 Å². The Morgan fingerprint density at radius 1 is 1.32 bits per heavy atom. The molecule has 1 N–H and O–H groups in total. The van der Waals surface area contributed by atoms with Gasteiger partial charge in [-0.3, -0.25) is 0 Å². The van der Waals surface area contributed by atoms with Crippen LogP contribution in [0.25, 0.3) is 0 Å². The average Bonchev–Trinajstić information content (AvgIpc) is 2.35. The molecular formula is C12H14F3NO3. The summed E-state index contributed by atoms with van der Waals surface area (Å²) in [7, 11) is 1.52. The van der Waals surface area contributed by atoms with E-state index in [1.807, 2.05) is 0 Å². The lowest BCUT2D eigenvalue weighted by atomic mass is 10.1. The molecule has 0 heterocycles. The molecule has 0 aromatic heterocycles. The number of hydrogen-bond donors (Lipinski definition) is 1. The molecule has 0 aliphatic carbocycles. The summed E-state index contributed by atoms with van der Waals surface area (Å²) in [6.45, 7) is 0.0326. The van der Waals surface area contributed by atoms with Crippen LogP contribution in [0.4, 0.5) is 18.0 Å². The van der Waals surface area contributed by atoms with Crippen molar-refractivity contribution in [1.29, 1.82) is 0 Å². The van der Waals surface area contributed by atoms with Crippen LogP contribution in [0.5, 0.6) is 5.75 Å². The molecule has 7 heteroatoms. The quantitative estimate of drug-likeness (QED) is 0.920. The second-order valence-corrected chi connectivity index (χ2v) is 3.83. The van der Waals surface area contributed by atoms with Crippen LogP contribution in [0.2, 0.25) is 0 Å². The summed E-state index contributed by atoms with van der Waals surface area (Å²) in [6.07, 6.45) is -5.64. The van der Waals surface area contributed by atoms with Gasteiger partial charge in [-0.1, -0.05) is 12.1 Å². The van der Waals surface area contributed by atoms with E-state index in [0.29, 0.717) is 5.75 Å². The Labute approximate surface area is 108 Å². The monoisotopic (exact) mass is 277 g/mol. The van der Waals surface area contributed by atoms with Crippen molar-refractivity contribution in [3.8, 4) is 5.75 Å². The lowest BCUT2D eigenvalue weighted by molar-refractivity contribution is -0.160. The fourth-order valence-electron chi connectivity index (χ4n) is 1.34. The highest BCUT2D eigenvalue weighted by atomic mass is 19.4. The van der Waals surface area contributed by atoms with Crippen LogP contribution in [0.1, 0.15) is 18.5 Å². The summed E-state index contributed by atoms with van der Waals surface area (Å²) in [5.41, 5.74) is 0.727. The molecule has 1 aromatic rings. The first-order valence-corrected chi connectivity index (χ1v) is 5.46. The van der Waals surface area contributed by atoms with Crippen LogP contribution in [-0.4, -0.2) is 26.0 Å². The van der Waals surface area contributed by atoms with Crippen molar-refractivity contribution >= 4 is 6.09 Å². The zero-order valence-electron chi connectivity index (χ0n) is 10.5. The third kappa shape index (κ3) is 5.50. The van der Waals surface area contributed by atoms with Crippen LogP contribution in [0.3, 0.4) is 0 Å². The maximum absolute atomic E-state index is 11.8. The van der Waals surface area contributed by atoms with E-state index in [0.717, 1.165) is 5.56 Å². The van der Waals surface area contributed by atoms with Gasteiger partial charge in [0.2, 0.25) is 0 Å². The van der Waals surface area contributed by atoms with Gasteiger partial charge in [0, 0.05) is 0 Å². The lowest BCUT2D eigenvalue weighted by Crippen LogP contribution is -2.30. The van der Waals surface area contributed by atoms with Crippen molar-refractivity contribution in [3.05, 3.63) is 29.8 Å². The summed E-state index contributed by atoms with van der Waals surface area (Å²) in [5.74, 6) is 0.649. The van der Waals surface area contributed by atoms with Crippen molar-refractivity contribution in [2.75, 3.05) is 13.7 Å². The third-order valence-electron chi connectivity index (χ3n) is 2.32. The lowest BCUT2D eigenvalue weighted by Gasteiger charge is -2.15. The smallest absolute Gasteiger partial charge is 0.422 e. The Bertz CT molecular complexity index is 417. The molecule has 0 aliphatic rings. The summed E-state index contributed by atoms with van der Waals surface area (Å²) in [5, 5.41) is 2.30. The number of ether oxygens (including phenoxy) is 2. The fourth-order valence-corrected chi connectivity index (χ4v) is 1.34. The second kappa shape index (κ2) is 6.31. The molecule has 0 spiro atoms. The predicted octanol–water partition coefficient (Wildman–Crippen LogP) is 3.04. The van der Waals surface area contributed by atoms with Gasteiger partial charge in [-0.25, -0.2) is 4.79 Å². The first kappa shape index (κ1) is 15.1. The zero-order valence-corrected chi connectivity index (χ0v) is 10.5. The largest absolute Gasteiger partial charge is 0.497 e. The van der Waals surface area contributed by atoms with Crippen LogP contribution in [0, 0.1) is 0 Å². The fraction of sp³-hybridized carbons (Fsp3) is 0.417. The Morgan fingerprint density at radius 2 is 1.89 bits per heavy atom. The molecule has 0 unspecified atom stereocenters. The molecule has 19 heavy (non-hydrogen) atoms. The number of halogens is 3. The predicted molar refractivity (Wildman–Crippen MR) is 61.9 cm³/mol. The molecule has 0 fully saturated rings. The van der Waals surface area contributed by atoms with Crippen LogP contribution >= 0.6 is 0 Å². The van der Waals surface area contributed by atoms with Crippen molar-refractivity contribution in [2.24, 2.45) is 0 Å². The van der Waals surface area contributed by atoms with Gasteiger partial charge in [0.25, 0.3) is 0 Å². The molecule has 1 atom stereocenters. The molecule has 0 saturated carbocycles. The van der Waals surface area contributed by atoms with Gasteiger partial charge >= 0.3 is 12.3 Å². The Kier molecular flexibility index (Phi) is 5.02.